The monoisotopic (exact) mass is 562 g/mol. The molecule has 0 saturated carbocycles. The van der Waals surface area contributed by atoms with Gasteiger partial charge in [0.25, 0.3) is 0 Å². The molecule has 4 nitrogen and oxygen atoms in total. The summed E-state index contributed by atoms with van der Waals surface area (Å²) in [5.74, 6) is 0.507. The van der Waals surface area contributed by atoms with E-state index >= 15 is 0 Å². The van der Waals surface area contributed by atoms with Crippen LogP contribution in [0.5, 0.6) is 0 Å². The average Bonchev–Trinajstić information content (AvgIpc) is 3.69. The van der Waals surface area contributed by atoms with Crippen LogP contribution in [0.3, 0.4) is 0 Å². The second kappa shape index (κ2) is 8.49. The first-order valence-electron chi connectivity index (χ1n) is 16.7. The molecule has 5 aromatic carbocycles. The number of hydrogen-bond donors (Lipinski definition) is 0. The molecule has 0 aliphatic carbocycles. The Morgan fingerprint density at radius 1 is 0.553 bits per heavy atom. The molecule has 0 fully saturated rings. The molecule has 3 aromatic heterocycles. The van der Waals surface area contributed by atoms with Crippen molar-refractivity contribution in [3.63, 3.8) is 0 Å². The van der Waals surface area contributed by atoms with Crippen molar-refractivity contribution in [1.82, 2.24) is 19.5 Å². The Balaban J connectivity index is 1.66. The van der Waals surface area contributed by atoms with Crippen LogP contribution in [-0.2, 0) is 0 Å². The summed E-state index contributed by atoms with van der Waals surface area (Å²) in [4.78, 5) is 14.3. The molecule has 0 aliphatic heterocycles. The van der Waals surface area contributed by atoms with Crippen molar-refractivity contribution in [3.05, 3.63) is 121 Å². The van der Waals surface area contributed by atoms with Crippen LogP contribution in [0, 0.1) is 0 Å². The van der Waals surface area contributed by atoms with Crippen LogP contribution in [0.15, 0.2) is 121 Å². The average molecular weight is 562 g/mol. The molecule has 38 heavy (non-hydrogen) atoms. The van der Waals surface area contributed by atoms with Gasteiger partial charge < -0.3 is 0 Å². The van der Waals surface area contributed by atoms with E-state index in [0.717, 1.165) is 0 Å². The van der Waals surface area contributed by atoms with Gasteiger partial charge in [0.15, 0.2) is 0 Å². The fourth-order valence-corrected chi connectivity index (χ4v) is 6.75. The van der Waals surface area contributed by atoms with Gasteiger partial charge in [0.1, 0.15) is 0 Å². The van der Waals surface area contributed by atoms with Gasteiger partial charge in [-0.15, -0.1) is 0 Å². The molecule has 0 radical (unpaired) electrons. The Morgan fingerprint density at radius 2 is 1.18 bits per heavy atom. The first kappa shape index (κ1) is 13.8. The van der Waals surface area contributed by atoms with Crippen molar-refractivity contribution < 1.29 is 13.7 Å². The Bertz CT molecular complexity index is 2620. The van der Waals surface area contributed by atoms with Crippen LogP contribution < -0.4 is 0 Å². The van der Waals surface area contributed by atoms with E-state index in [4.69, 9.17) is 27.3 Å². The van der Waals surface area contributed by atoms with Gasteiger partial charge in [-0.2, -0.15) is 0 Å². The van der Waals surface area contributed by atoms with Crippen molar-refractivity contribution in [1.29, 1.82) is 0 Å². The Labute approximate surface area is 238 Å². The molecule has 0 N–H and O–H groups in total. The number of aromatic nitrogens is 4. The molecule has 8 aromatic rings. The number of hydrogen-bond acceptors (Lipinski definition) is 3. The molecule has 0 saturated heterocycles. The second-order valence-electron chi connectivity index (χ2n) is 8.56. The van der Waals surface area contributed by atoms with E-state index in [0.29, 0.717) is 19.6 Å². The van der Waals surface area contributed by atoms with Crippen molar-refractivity contribution in [2.24, 2.45) is 0 Å². The van der Waals surface area contributed by atoms with Gasteiger partial charge in [-0.3, -0.25) is 0 Å². The van der Waals surface area contributed by atoms with E-state index in [2.05, 4.69) is 0 Å². The molecular weight excluding hydrogens is 531 g/mol. The maximum absolute atomic E-state index is 9.31. The summed E-state index contributed by atoms with van der Waals surface area (Å²) < 4.78 is 90.0. The first-order chi connectivity index (χ1) is 23.0. The van der Waals surface area contributed by atoms with Crippen molar-refractivity contribution in [3.8, 4) is 28.7 Å². The molecular formula is C33H20N4Se. The summed E-state index contributed by atoms with van der Waals surface area (Å²) in [5, 5.41) is 0.662. The van der Waals surface area contributed by atoms with E-state index in [-0.39, 0.29) is 74.3 Å². The zero-order valence-electron chi connectivity index (χ0n) is 29.5. The Hall–Kier alpha value is -4.57. The van der Waals surface area contributed by atoms with Crippen LogP contribution in [0.1, 0.15) is 13.7 Å². The summed E-state index contributed by atoms with van der Waals surface area (Å²) in [5.41, 5.74) is 1.31. The predicted molar refractivity (Wildman–Crippen MR) is 157 cm³/mol. The maximum atomic E-state index is 9.31. The standard InChI is InChI=1S/C33H20N4Se/c1-3-11-21(12-4-1)31-34-32(22-13-5-2-6-14-22)36-33(35-31)37-25-17-9-7-15-23(25)29-26(37)19-20-28-30(29)24-16-8-10-18-27(24)38-28/h1-20H/i7D,8D,9D,10D,15D,16D,17D,18D,19D,20D. The number of benzene rings is 5. The van der Waals surface area contributed by atoms with Crippen molar-refractivity contribution >= 4 is 55.6 Å². The SMILES string of the molecule is [2H]c1c([2H])c([2H])c2c([se]c3c([2H])c([2H])c4c(c5c([2H])c([2H])c([2H])c([2H])c5n4-c4nc(-c5ccccc5)nc(-c5ccccc5)n4)c32)c1[2H]. The van der Waals surface area contributed by atoms with Gasteiger partial charge in [0.2, 0.25) is 0 Å². The molecule has 0 bridgehead atoms. The third-order valence-electron chi connectivity index (χ3n) is 6.37. The molecule has 0 aliphatic rings. The summed E-state index contributed by atoms with van der Waals surface area (Å²) in [6.07, 6.45) is 0. The minimum absolute atomic E-state index is 0.0247. The van der Waals surface area contributed by atoms with E-state index in [9.17, 15) is 1.37 Å². The molecule has 5 heteroatoms. The summed E-state index contributed by atoms with van der Waals surface area (Å²) in [6, 6.07) is 14.6. The molecule has 0 amide bonds. The molecule has 3 heterocycles. The minimum atomic E-state index is -0.782. The summed E-state index contributed by atoms with van der Waals surface area (Å²) in [7, 11) is 0. The van der Waals surface area contributed by atoms with Gasteiger partial charge in [0, 0.05) is 0 Å². The van der Waals surface area contributed by atoms with Gasteiger partial charge in [-0.05, 0) is 0 Å². The van der Waals surface area contributed by atoms with Gasteiger partial charge in [-0.25, -0.2) is 0 Å². The van der Waals surface area contributed by atoms with Gasteiger partial charge >= 0.3 is 239 Å². The number of rotatable bonds is 3. The topological polar surface area (TPSA) is 43.6 Å². The fourth-order valence-electron chi connectivity index (χ4n) is 4.72. The number of para-hydroxylation sites is 1. The molecule has 0 unspecified atom stereocenters. The van der Waals surface area contributed by atoms with E-state index in [1.54, 1.807) is 0 Å². The summed E-state index contributed by atoms with van der Waals surface area (Å²) in [6.45, 7) is 0. The van der Waals surface area contributed by atoms with Crippen LogP contribution in [0.4, 0.5) is 0 Å². The molecule has 0 atom stereocenters. The number of fused-ring (bicyclic) bond motifs is 7. The van der Waals surface area contributed by atoms with Crippen molar-refractivity contribution in [2.45, 2.75) is 0 Å². The van der Waals surface area contributed by atoms with E-state index < -0.39 is 50.8 Å². The Kier molecular flexibility index (Phi) is 3.09. The third kappa shape index (κ3) is 3.26. The van der Waals surface area contributed by atoms with Crippen LogP contribution in [-0.4, -0.2) is 34.0 Å². The molecule has 8 rings (SSSR count). The number of nitrogens with zero attached hydrogens (tertiary/aromatic N) is 4. The van der Waals surface area contributed by atoms with Crippen molar-refractivity contribution in [2.75, 3.05) is 0 Å². The fraction of sp³-hybridized carbons (Fsp3) is 0. The van der Waals surface area contributed by atoms with Crippen LogP contribution in [0.25, 0.3) is 69.8 Å². The molecule has 0 spiro atoms. The zero-order valence-corrected chi connectivity index (χ0v) is 21.2. The van der Waals surface area contributed by atoms with Crippen LogP contribution in [0.2, 0.25) is 0 Å². The van der Waals surface area contributed by atoms with Gasteiger partial charge in [-0.1, -0.05) is 0 Å². The second-order valence-corrected chi connectivity index (χ2v) is 10.7. The third-order valence-corrected chi connectivity index (χ3v) is 8.51. The summed E-state index contributed by atoms with van der Waals surface area (Å²) >= 11 is -0.782. The first-order valence-corrected chi connectivity index (χ1v) is 13.5. The quantitative estimate of drug-likeness (QED) is 0.208. The Morgan fingerprint density at radius 3 is 1.89 bits per heavy atom. The van der Waals surface area contributed by atoms with Gasteiger partial charge in [0.05, 0.1) is 0 Å². The van der Waals surface area contributed by atoms with E-state index in [1.807, 2.05) is 60.7 Å². The zero-order chi connectivity index (χ0) is 33.8. The van der Waals surface area contributed by atoms with E-state index in [1.165, 1.54) is 4.57 Å². The normalized spacial score (nSPS) is 15.4. The predicted octanol–water partition coefficient (Wildman–Crippen LogP) is 7.67. The van der Waals surface area contributed by atoms with Crippen LogP contribution >= 0.6 is 0 Å². The molecule has 178 valence electrons.